The zero-order valence-corrected chi connectivity index (χ0v) is 8.09. The SMILES string of the molecule is C#CCNC(=O)NCc1ccc(F)cc1. The highest BCUT2D eigenvalue weighted by atomic mass is 19.1. The highest BCUT2D eigenvalue weighted by Crippen LogP contribution is 2.01. The molecule has 0 heterocycles. The van der Waals surface area contributed by atoms with E-state index in [0.29, 0.717) is 6.54 Å². The Morgan fingerprint density at radius 2 is 2.00 bits per heavy atom. The van der Waals surface area contributed by atoms with E-state index in [1.165, 1.54) is 12.1 Å². The molecule has 0 aliphatic heterocycles. The molecule has 3 nitrogen and oxygen atoms in total. The molecule has 0 aliphatic rings. The van der Waals surface area contributed by atoms with E-state index in [4.69, 9.17) is 6.42 Å². The molecule has 0 saturated heterocycles. The smallest absolute Gasteiger partial charge is 0.315 e. The molecule has 0 aromatic heterocycles. The summed E-state index contributed by atoms with van der Waals surface area (Å²) >= 11 is 0. The molecule has 4 heteroatoms. The summed E-state index contributed by atoms with van der Waals surface area (Å²) < 4.78 is 12.5. The standard InChI is InChI=1S/C11H11FN2O/c1-2-7-13-11(15)14-8-9-3-5-10(12)6-4-9/h1,3-6H,7-8H2,(H2,13,14,15). The molecular formula is C11H11FN2O. The molecule has 78 valence electrons. The molecule has 1 rings (SSSR count). The zero-order valence-electron chi connectivity index (χ0n) is 8.09. The fraction of sp³-hybridized carbons (Fsp3) is 0.182. The summed E-state index contributed by atoms with van der Waals surface area (Å²) in [5.41, 5.74) is 0.826. The van der Waals surface area contributed by atoms with Crippen molar-refractivity contribution in [3.63, 3.8) is 0 Å². The highest BCUT2D eigenvalue weighted by Gasteiger charge is 1.98. The number of hydrogen-bond donors (Lipinski definition) is 2. The first-order valence-corrected chi connectivity index (χ1v) is 4.42. The van der Waals surface area contributed by atoms with E-state index in [9.17, 15) is 9.18 Å². The minimum absolute atomic E-state index is 0.190. The molecule has 0 atom stereocenters. The number of rotatable bonds is 3. The van der Waals surface area contributed by atoms with Crippen LogP contribution in [0.3, 0.4) is 0 Å². The van der Waals surface area contributed by atoms with E-state index in [2.05, 4.69) is 16.6 Å². The lowest BCUT2D eigenvalue weighted by Gasteiger charge is -2.05. The highest BCUT2D eigenvalue weighted by molar-refractivity contribution is 5.74. The molecule has 2 N–H and O–H groups in total. The third-order valence-corrected chi connectivity index (χ3v) is 1.72. The number of halogens is 1. The van der Waals surface area contributed by atoms with E-state index >= 15 is 0 Å². The molecule has 0 fully saturated rings. The van der Waals surface area contributed by atoms with Crippen LogP contribution in [-0.2, 0) is 6.54 Å². The Bertz CT molecular complexity index is 367. The van der Waals surface area contributed by atoms with Gasteiger partial charge in [0.2, 0.25) is 0 Å². The molecule has 0 bridgehead atoms. The number of nitrogens with one attached hydrogen (secondary N) is 2. The van der Waals surface area contributed by atoms with Crippen LogP contribution in [-0.4, -0.2) is 12.6 Å². The van der Waals surface area contributed by atoms with Gasteiger partial charge in [0.1, 0.15) is 5.82 Å². The topological polar surface area (TPSA) is 41.1 Å². The van der Waals surface area contributed by atoms with Crippen molar-refractivity contribution in [3.8, 4) is 12.3 Å². The summed E-state index contributed by atoms with van der Waals surface area (Å²) in [5, 5.41) is 5.04. The van der Waals surface area contributed by atoms with Gasteiger partial charge in [-0.1, -0.05) is 18.1 Å². The summed E-state index contributed by atoms with van der Waals surface area (Å²) in [4.78, 5) is 11.1. The second kappa shape index (κ2) is 5.66. The van der Waals surface area contributed by atoms with Crippen molar-refractivity contribution in [2.45, 2.75) is 6.54 Å². The van der Waals surface area contributed by atoms with Crippen LogP contribution in [0.4, 0.5) is 9.18 Å². The van der Waals surface area contributed by atoms with Gasteiger partial charge in [-0.2, -0.15) is 0 Å². The van der Waals surface area contributed by atoms with Gasteiger partial charge in [-0.15, -0.1) is 6.42 Å². The number of amides is 2. The number of hydrogen-bond acceptors (Lipinski definition) is 1. The minimum Gasteiger partial charge on any atom is -0.334 e. The molecule has 15 heavy (non-hydrogen) atoms. The van der Waals surface area contributed by atoms with Crippen LogP contribution >= 0.6 is 0 Å². The van der Waals surface area contributed by atoms with E-state index in [0.717, 1.165) is 5.56 Å². The largest absolute Gasteiger partial charge is 0.334 e. The fourth-order valence-electron chi connectivity index (χ4n) is 0.978. The Morgan fingerprint density at radius 1 is 1.33 bits per heavy atom. The van der Waals surface area contributed by atoms with Crippen molar-refractivity contribution in [2.75, 3.05) is 6.54 Å². The monoisotopic (exact) mass is 206 g/mol. The minimum atomic E-state index is -0.336. The maximum atomic E-state index is 12.5. The van der Waals surface area contributed by atoms with E-state index in [-0.39, 0.29) is 18.4 Å². The second-order valence-corrected chi connectivity index (χ2v) is 2.87. The van der Waals surface area contributed by atoms with Gasteiger partial charge < -0.3 is 10.6 Å². The second-order valence-electron chi connectivity index (χ2n) is 2.87. The van der Waals surface area contributed by atoms with Crippen LogP contribution < -0.4 is 10.6 Å². The molecule has 1 aromatic carbocycles. The van der Waals surface area contributed by atoms with Crippen LogP contribution in [0.1, 0.15) is 5.56 Å². The predicted molar refractivity (Wildman–Crippen MR) is 55.5 cm³/mol. The Balaban J connectivity index is 2.34. The van der Waals surface area contributed by atoms with Crippen molar-refractivity contribution in [1.29, 1.82) is 0 Å². The molecule has 0 aliphatic carbocycles. The average Bonchev–Trinajstić information content (AvgIpc) is 2.25. The molecule has 0 saturated carbocycles. The van der Waals surface area contributed by atoms with Gasteiger partial charge in [0.25, 0.3) is 0 Å². The molecule has 1 aromatic rings. The van der Waals surface area contributed by atoms with Gasteiger partial charge in [0, 0.05) is 6.54 Å². The summed E-state index contributed by atoms with van der Waals surface area (Å²) in [5.74, 6) is 1.99. The van der Waals surface area contributed by atoms with Gasteiger partial charge in [0.05, 0.1) is 6.54 Å². The summed E-state index contributed by atoms with van der Waals surface area (Å²) in [6.45, 7) is 0.534. The number of carbonyl (C=O) groups excluding carboxylic acids is 1. The first kappa shape index (κ1) is 11.1. The van der Waals surface area contributed by atoms with Crippen molar-refractivity contribution in [2.24, 2.45) is 0 Å². The Labute approximate surface area is 87.7 Å². The van der Waals surface area contributed by atoms with Crippen molar-refractivity contribution in [1.82, 2.24) is 10.6 Å². The molecule has 0 radical (unpaired) electrons. The number of benzene rings is 1. The van der Waals surface area contributed by atoms with Crippen molar-refractivity contribution in [3.05, 3.63) is 35.6 Å². The van der Waals surface area contributed by atoms with Crippen LogP contribution in [0, 0.1) is 18.2 Å². The molecular weight excluding hydrogens is 195 g/mol. The molecule has 2 amide bonds. The van der Waals surface area contributed by atoms with Gasteiger partial charge in [0.15, 0.2) is 0 Å². The van der Waals surface area contributed by atoms with Crippen LogP contribution in [0.2, 0.25) is 0 Å². The number of carbonyl (C=O) groups is 1. The zero-order chi connectivity index (χ0) is 11.1. The molecule has 0 unspecified atom stereocenters. The quantitative estimate of drug-likeness (QED) is 0.718. The normalized spacial score (nSPS) is 9.07. The number of urea groups is 1. The van der Waals surface area contributed by atoms with Crippen LogP contribution in [0.5, 0.6) is 0 Å². The third-order valence-electron chi connectivity index (χ3n) is 1.72. The van der Waals surface area contributed by atoms with E-state index in [1.54, 1.807) is 12.1 Å². The lowest BCUT2D eigenvalue weighted by Crippen LogP contribution is -2.35. The molecule has 0 spiro atoms. The van der Waals surface area contributed by atoms with E-state index in [1.807, 2.05) is 0 Å². The Kier molecular flexibility index (Phi) is 4.17. The number of terminal acetylenes is 1. The Morgan fingerprint density at radius 3 is 2.60 bits per heavy atom. The van der Waals surface area contributed by atoms with E-state index < -0.39 is 0 Å². The predicted octanol–water partition coefficient (Wildman–Crippen LogP) is 1.26. The summed E-state index contributed by atoms with van der Waals surface area (Å²) in [7, 11) is 0. The van der Waals surface area contributed by atoms with Crippen molar-refractivity contribution < 1.29 is 9.18 Å². The lowest BCUT2D eigenvalue weighted by molar-refractivity contribution is 0.241. The first-order valence-electron chi connectivity index (χ1n) is 4.42. The van der Waals surface area contributed by atoms with Crippen molar-refractivity contribution >= 4 is 6.03 Å². The maximum absolute atomic E-state index is 12.5. The van der Waals surface area contributed by atoms with Gasteiger partial charge in [-0.05, 0) is 17.7 Å². The van der Waals surface area contributed by atoms with Crippen LogP contribution in [0.25, 0.3) is 0 Å². The fourth-order valence-corrected chi connectivity index (χ4v) is 0.978. The lowest BCUT2D eigenvalue weighted by atomic mass is 10.2. The van der Waals surface area contributed by atoms with Gasteiger partial charge in [-0.25, -0.2) is 9.18 Å². The Hall–Kier alpha value is -2.02. The van der Waals surface area contributed by atoms with Crippen LogP contribution in [0.15, 0.2) is 24.3 Å². The van der Waals surface area contributed by atoms with Gasteiger partial charge >= 0.3 is 6.03 Å². The first-order chi connectivity index (χ1) is 7.22. The average molecular weight is 206 g/mol. The summed E-state index contributed by atoms with van der Waals surface area (Å²) in [6.07, 6.45) is 4.97. The maximum Gasteiger partial charge on any atom is 0.315 e. The van der Waals surface area contributed by atoms with Gasteiger partial charge in [-0.3, -0.25) is 0 Å². The summed E-state index contributed by atoms with van der Waals surface area (Å²) in [6, 6.07) is 5.57. The third kappa shape index (κ3) is 4.14.